The van der Waals surface area contributed by atoms with E-state index in [9.17, 15) is 8.42 Å². The zero-order valence-electron chi connectivity index (χ0n) is 6.94. The van der Waals surface area contributed by atoms with Crippen LogP contribution in [0, 0.1) is 6.92 Å². The van der Waals surface area contributed by atoms with Gasteiger partial charge in [-0.05, 0) is 18.6 Å². The van der Waals surface area contributed by atoms with E-state index in [0.29, 0.717) is 5.56 Å². The van der Waals surface area contributed by atoms with Crippen molar-refractivity contribution in [1.29, 1.82) is 0 Å². The van der Waals surface area contributed by atoms with Crippen molar-refractivity contribution >= 4 is 27.7 Å². The second-order valence-electron chi connectivity index (χ2n) is 2.47. The van der Waals surface area contributed by atoms with Gasteiger partial charge in [0.2, 0.25) is 0 Å². The molecular formula is C8H8NO2S2. The molecule has 0 aliphatic carbocycles. The number of sulfonamides is 1. The second-order valence-corrected chi connectivity index (χ2v) is 4.33. The Bertz CT molecular complexity index is 412. The summed E-state index contributed by atoms with van der Waals surface area (Å²) in [5, 5.41) is 0. The molecule has 0 heterocycles. The molecule has 0 bridgehead atoms. The molecule has 0 saturated carbocycles. The van der Waals surface area contributed by atoms with Crippen LogP contribution in [-0.4, -0.2) is 13.9 Å². The van der Waals surface area contributed by atoms with Crippen molar-refractivity contribution in [2.45, 2.75) is 11.8 Å². The first-order valence-electron chi connectivity index (χ1n) is 3.52. The van der Waals surface area contributed by atoms with Crippen molar-refractivity contribution in [2.75, 3.05) is 0 Å². The summed E-state index contributed by atoms with van der Waals surface area (Å²) in [5.41, 5.74) is 2.66. The van der Waals surface area contributed by atoms with Crippen molar-refractivity contribution in [1.82, 2.24) is 4.72 Å². The van der Waals surface area contributed by atoms with E-state index in [-0.39, 0.29) is 4.90 Å². The summed E-state index contributed by atoms with van der Waals surface area (Å²) in [7, 11) is -3.51. The Morgan fingerprint density at radius 1 is 1.38 bits per heavy atom. The molecule has 0 saturated heterocycles. The van der Waals surface area contributed by atoms with Crippen LogP contribution in [0.4, 0.5) is 0 Å². The van der Waals surface area contributed by atoms with Gasteiger partial charge in [-0.3, -0.25) is 4.72 Å². The second kappa shape index (κ2) is 3.85. The highest BCUT2D eigenvalue weighted by atomic mass is 32.2. The lowest BCUT2D eigenvalue weighted by Gasteiger charge is -2.04. The summed E-state index contributed by atoms with van der Waals surface area (Å²) >= 11 is 4.30. The Kier molecular flexibility index (Phi) is 3.00. The molecule has 5 heteroatoms. The zero-order valence-corrected chi connectivity index (χ0v) is 8.58. The minimum Gasteiger partial charge on any atom is -0.267 e. The Morgan fingerprint density at radius 3 is 2.54 bits per heavy atom. The number of hydrogen-bond acceptors (Lipinski definition) is 3. The molecular weight excluding hydrogens is 206 g/mol. The van der Waals surface area contributed by atoms with Crippen LogP contribution in [0.5, 0.6) is 0 Å². The monoisotopic (exact) mass is 214 g/mol. The molecule has 0 aromatic heterocycles. The van der Waals surface area contributed by atoms with Gasteiger partial charge in [-0.15, -0.1) is 0 Å². The molecule has 1 aromatic rings. The Morgan fingerprint density at radius 2 is 2.00 bits per heavy atom. The van der Waals surface area contributed by atoms with Gasteiger partial charge in [0.1, 0.15) is 5.49 Å². The van der Waals surface area contributed by atoms with Crippen LogP contribution in [0.25, 0.3) is 0 Å². The van der Waals surface area contributed by atoms with E-state index in [2.05, 4.69) is 12.2 Å². The van der Waals surface area contributed by atoms with E-state index in [4.69, 9.17) is 0 Å². The molecule has 69 valence electrons. The first kappa shape index (κ1) is 10.1. The molecule has 0 amide bonds. The van der Waals surface area contributed by atoms with Gasteiger partial charge in [-0.25, -0.2) is 8.42 Å². The van der Waals surface area contributed by atoms with Crippen LogP contribution in [0.2, 0.25) is 0 Å². The summed E-state index contributed by atoms with van der Waals surface area (Å²) in [6, 6.07) is 6.67. The lowest BCUT2D eigenvalue weighted by atomic mass is 10.2. The molecule has 0 spiro atoms. The molecule has 13 heavy (non-hydrogen) atoms. The third-order valence-corrected chi connectivity index (χ3v) is 3.20. The summed E-state index contributed by atoms with van der Waals surface area (Å²) in [4.78, 5) is 0.229. The lowest BCUT2D eigenvalue weighted by Crippen LogP contribution is -2.21. The largest absolute Gasteiger partial charge is 0.267 e. The predicted octanol–water partition coefficient (Wildman–Crippen LogP) is 1.11. The maximum absolute atomic E-state index is 11.4. The molecule has 0 aliphatic heterocycles. The first-order chi connectivity index (χ1) is 6.08. The highest BCUT2D eigenvalue weighted by molar-refractivity contribution is 7.91. The zero-order chi connectivity index (χ0) is 9.90. The summed E-state index contributed by atoms with van der Waals surface area (Å²) in [6.45, 7) is 1.72. The summed E-state index contributed by atoms with van der Waals surface area (Å²) in [5.74, 6) is 0. The maximum Gasteiger partial charge on any atom is 0.262 e. The lowest BCUT2D eigenvalue weighted by molar-refractivity contribution is 0.592. The van der Waals surface area contributed by atoms with Crippen LogP contribution >= 0.6 is 12.2 Å². The van der Waals surface area contributed by atoms with Crippen LogP contribution < -0.4 is 4.72 Å². The highest BCUT2D eigenvalue weighted by Gasteiger charge is 2.13. The van der Waals surface area contributed by atoms with Crippen molar-refractivity contribution in [3.05, 3.63) is 29.8 Å². The molecule has 3 nitrogen and oxygen atoms in total. The first-order valence-corrected chi connectivity index (χ1v) is 5.41. The quantitative estimate of drug-likeness (QED) is 0.605. The Hall–Kier alpha value is -0.940. The van der Waals surface area contributed by atoms with Crippen molar-refractivity contribution in [3.63, 3.8) is 0 Å². The fourth-order valence-corrected chi connectivity index (χ4v) is 2.27. The molecule has 1 N–H and O–H groups in total. The van der Waals surface area contributed by atoms with Gasteiger partial charge >= 0.3 is 0 Å². The van der Waals surface area contributed by atoms with Gasteiger partial charge in [-0.1, -0.05) is 30.4 Å². The number of thiocarbonyl (C=S) groups is 1. The molecule has 0 aliphatic rings. The van der Waals surface area contributed by atoms with E-state index < -0.39 is 10.0 Å². The smallest absolute Gasteiger partial charge is 0.262 e. The third-order valence-electron chi connectivity index (χ3n) is 1.56. The van der Waals surface area contributed by atoms with E-state index in [0.717, 1.165) is 0 Å². The SMILES string of the molecule is Cc1ccccc1S(=O)(=O)N[C]=S. The summed E-state index contributed by atoms with van der Waals surface area (Å²) in [6.07, 6.45) is 0. The van der Waals surface area contributed by atoms with Crippen LogP contribution in [0.3, 0.4) is 0 Å². The standard InChI is InChI=1S/C8H8NO2S2/c1-7-4-2-3-5-8(7)13(10,11)9-6-12/h2-5H,1H3,(H,9,12). The Labute approximate surface area is 82.8 Å². The minimum atomic E-state index is -3.51. The fraction of sp³-hybridized carbons (Fsp3) is 0.125. The van der Waals surface area contributed by atoms with E-state index in [1.165, 1.54) is 6.07 Å². The highest BCUT2D eigenvalue weighted by Crippen LogP contribution is 2.12. The van der Waals surface area contributed by atoms with E-state index in [1.54, 1.807) is 25.1 Å². The van der Waals surface area contributed by atoms with Gasteiger partial charge in [-0.2, -0.15) is 0 Å². The fourth-order valence-electron chi connectivity index (χ4n) is 0.968. The van der Waals surface area contributed by atoms with Gasteiger partial charge in [0.25, 0.3) is 10.0 Å². The molecule has 0 atom stereocenters. The number of aryl methyl sites for hydroxylation is 1. The molecule has 0 fully saturated rings. The van der Waals surface area contributed by atoms with Gasteiger partial charge in [0, 0.05) is 0 Å². The van der Waals surface area contributed by atoms with Gasteiger partial charge < -0.3 is 0 Å². The van der Waals surface area contributed by atoms with Gasteiger partial charge in [0.15, 0.2) is 0 Å². The number of nitrogens with one attached hydrogen (secondary N) is 1. The number of rotatable bonds is 3. The normalized spacial score (nSPS) is 10.8. The minimum absolute atomic E-state index is 0.229. The average molecular weight is 214 g/mol. The third kappa shape index (κ3) is 2.26. The van der Waals surface area contributed by atoms with Crippen LogP contribution in [0.15, 0.2) is 29.2 Å². The van der Waals surface area contributed by atoms with Crippen molar-refractivity contribution in [2.24, 2.45) is 0 Å². The van der Waals surface area contributed by atoms with Crippen molar-refractivity contribution < 1.29 is 8.42 Å². The van der Waals surface area contributed by atoms with E-state index in [1.807, 2.05) is 10.2 Å². The molecule has 1 radical (unpaired) electrons. The average Bonchev–Trinajstić information content (AvgIpc) is 2.04. The molecule has 1 aromatic carbocycles. The molecule has 1 rings (SSSR count). The van der Waals surface area contributed by atoms with Crippen LogP contribution in [0.1, 0.15) is 5.56 Å². The number of hydrogen-bond donors (Lipinski definition) is 1. The van der Waals surface area contributed by atoms with Crippen LogP contribution in [-0.2, 0) is 10.0 Å². The topological polar surface area (TPSA) is 46.2 Å². The summed E-state index contributed by atoms with van der Waals surface area (Å²) < 4.78 is 24.8. The number of benzene rings is 1. The predicted molar refractivity (Wildman–Crippen MR) is 54.1 cm³/mol. The Balaban J connectivity index is 3.22. The van der Waals surface area contributed by atoms with Gasteiger partial charge in [0.05, 0.1) is 4.90 Å². The van der Waals surface area contributed by atoms with Crippen molar-refractivity contribution in [3.8, 4) is 0 Å². The van der Waals surface area contributed by atoms with E-state index >= 15 is 0 Å². The maximum atomic E-state index is 11.4. The molecule has 0 unspecified atom stereocenters.